The molecule has 0 amide bonds. The molecule has 0 aliphatic carbocycles. The molecule has 1 aromatic rings. The number of carboxylic acid groups (broad SMARTS) is 1. The lowest BCUT2D eigenvalue weighted by Crippen LogP contribution is -1.98. The van der Waals surface area contributed by atoms with E-state index in [9.17, 15) is 9.18 Å². The van der Waals surface area contributed by atoms with E-state index >= 15 is 0 Å². The second-order valence-electron chi connectivity index (χ2n) is 3.56. The van der Waals surface area contributed by atoms with Gasteiger partial charge in [-0.25, -0.2) is 9.18 Å². The highest BCUT2D eigenvalue weighted by atomic mass is 19.1. The molecule has 92 valence electrons. The zero-order valence-electron chi connectivity index (χ0n) is 9.65. The van der Waals surface area contributed by atoms with Gasteiger partial charge in [0.2, 0.25) is 0 Å². The molecule has 0 spiro atoms. The van der Waals surface area contributed by atoms with Crippen molar-refractivity contribution in [2.75, 3.05) is 6.61 Å². The van der Waals surface area contributed by atoms with Crippen LogP contribution in [0.2, 0.25) is 0 Å². The Kier molecular flexibility index (Phi) is 5.20. The van der Waals surface area contributed by atoms with Crippen LogP contribution in [-0.4, -0.2) is 17.7 Å². The fourth-order valence-corrected chi connectivity index (χ4v) is 1.23. The monoisotopic (exact) mass is 238 g/mol. The van der Waals surface area contributed by atoms with E-state index < -0.39 is 11.8 Å². The van der Waals surface area contributed by atoms with Gasteiger partial charge in [0, 0.05) is 6.08 Å². The minimum atomic E-state index is -1.06. The normalized spacial score (nSPS) is 10.7. The van der Waals surface area contributed by atoms with Crippen LogP contribution in [0, 0.1) is 5.82 Å². The molecule has 1 rings (SSSR count). The Bertz CT molecular complexity index is 413. The van der Waals surface area contributed by atoms with Crippen LogP contribution < -0.4 is 4.74 Å². The molecule has 0 aromatic heterocycles. The first kappa shape index (κ1) is 13.2. The maximum atomic E-state index is 13.5. The van der Waals surface area contributed by atoms with E-state index in [1.54, 1.807) is 6.07 Å². The number of rotatable bonds is 6. The molecule has 0 heterocycles. The molecule has 0 bridgehead atoms. The van der Waals surface area contributed by atoms with Crippen LogP contribution in [-0.2, 0) is 4.79 Å². The third kappa shape index (κ3) is 4.68. The van der Waals surface area contributed by atoms with Gasteiger partial charge in [-0.05, 0) is 30.2 Å². The third-order valence-corrected chi connectivity index (χ3v) is 2.13. The molecule has 0 aliphatic heterocycles. The molecule has 0 atom stereocenters. The number of ether oxygens (including phenoxy) is 1. The Morgan fingerprint density at radius 3 is 2.88 bits per heavy atom. The molecule has 1 N–H and O–H groups in total. The number of hydrogen-bond donors (Lipinski definition) is 1. The second-order valence-corrected chi connectivity index (χ2v) is 3.56. The summed E-state index contributed by atoms with van der Waals surface area (Å²) in [5.41, 5.74) is 0.493. The maximum Gasteiger partial charge on any atom is 0.328 e. The number of unbranched alkanes of at least 4 members (excludes halogenated alkanes) is 1. The number of carboxylic acids is 1. The molecule has 0 aliphatic rings. The average molecular weight is 238 g/mol. The smallest absolute Gasteiger partial charge is 0.328 e. The SMILES string of the molecule is CCCCOc1ccc(/C=C/C(=O)O)cc1F. The van der Waals surface area contributed by atoms with Crippen molar-refractivity contribution >= 4 is 12.0 Å². The van der Waals surface area contributed by atoms with E-state index in [1.165, 1.54) is 18.2 Å². The molecule has 4 heteroatoms. The first-order chi connectivity index (χ1) is 8.13. The van der Waals surface area contributed by atoms with E-state index in [4.69, 9.17) is 9.84 Å². The minimum absolute atomic E-state index is 0.200. The van der Waals surface area contributed by atoms with Crippen LogP contribution in [0.25, 0.3) is 6.08 Å². The molecule has 17 heavy (non-hydrogen) atoms. The summed E-state index contributed by atoms with van der Waals surface area (Å²) in [6, 6.07) is 4.37. The predicted octanol–water partition coefficient (Wildman–Crippen LogP) is 3.10. The van der Waals surface area contributed by atoms with Gasteiger partial charge in [-0.1, -0.05) is 19.4 Å². The van der Waals surface area contributed by atoms with Crippen LogP contribution in [0.5, 0.6) is 5.75 Å². The van der Waals surface area contributed by atoms with E-state index in [2.05, 4.69) is 0 Å². The summed E-state index contributed by atoms with van der Waals surface area (Å²) in [6.07, 6.45) is 4.16. The Labute approximate surface area is 99.5 Å². The van der Waals surface area contributed by atoms with Crippen molar-refractivity contribution in [2.45, 2.75) is 19.8 Å². The van der Waals surface area contributed by atoms with Gasteiger partial charge in [0.05, 0.1) is 6.61 Å². The van der Waals surface area contributed by atoms with Gasteiger partial charge in [0.1, 0.15) is 0 Å². The second kappa shape index (κ2) is 6.68. The van der Waals surface area contributed by atoms with Crippen molar-refractivity contribution in [1.29, 1.82) is 0 Å². The maximum absolute atomic E-state index is 13.5. The van der Waals surface area contributed by atoms with Crippen LogP contribution in [0.3, 0.4) is 0 Å². The Morgan fingerprint density at radius 1 is 1.53 bits per heavy atom. The molecule has 0 radical (unpaired) electrons. The largest absolute Gasteiger partial charge is 0.491 e. The van der Waals surface area contributed by atoms with Crippen molar-refractivity contribution in [3.63, 3.8) is 0 Å². The van der Waals surface area contributed by atoms with Crippen molar-refractivity contribution in [2.24, 2.45) is 0 Å². The number of halogens is 1. The van der Waals surface area contributed by atoms with Crippen LogP contribution in [0.15, 0.2) is 24.3 Å². The average Bonchev–Trinajstić information content (AvgIpc) is 2.29. The topological polar surface area (TPSA) is 46.5 Å². The first-order valence-electron chi connectivity index (χ1n) is 5.47. The quantitative estimate of drug-likeness (QED) is 0.612. The molecule has 0 saturated heterocycles. The van der Waals surface area contributed by atoms with Crippen LogP contribution >= 0.6 is 0 Å². The van der Waals surface area contributed by atoms with Crippen LogP contribution in [0.4, 0.5) is 4.39 Å². The molecular formula is C13H15FO3. The van der Waals surface area contributed by atoms with Crippen LogP contribution in [0.1, 0.15) is 25.3 Å². The van der Waals surface area contributed by atoms with E-state index in [-0.39, 0.29) is 5.75 Å². The summed E-state index contributed by atoms with van der Waals surface area (Å²) in [7, 11) is 0. The summed E-state index contributed by atoms with van der Waals surface area (Å²) in [4.78, 5) is 10.3. The van der Waals surface area contributed by atoms with Gasteiger partial charge in [-0.15, -0.1) is 0 Å². The van der Waals surface area contributed by atoms with Gasteiger partial charge >= 0.3 is 5.97 Å². The Hall–Kier alpha value is -1.84. The fourth-order valence-electron chi connectivity index (χ4n) is 1.23. The van der Waals surface area contributed by atoms with Gasteiger partial charge in [-0.3, -0.25) is 0 Å². The minimum Gasteiger partial charge on any atom is -0.491 e. The highest BCUT2D eigenvalue weighted by Gasteiger charge is 2.03. The summed E-state index contributed by atoms with van der Waals surface area (Å²) in [6.45, 7) is 2.51. The van der Waals surface area contributed by atoms with Crippen molar-refractivity contribution in [3.8, 4) is 5.75 Å². The molecule has 3 nitrogen and oxygen atoms in total. The zero-order chi connectivity index (χ0) is 12.7. The lowest BCUT2D eigenvalue weighted by molar-refractivity contribution is -0.131. The van der Waals surface area contributed by atoms with E-state index in [0.29, 0.717) is 12.2 Å². The highest BCUT2D eigenvalue weighted by Crippen LogP contribution is 2.19. The summed E-state index contributed by atoms with van der Waals surface area (Å²) in [5, 5.41) is 8.44. The Morgan fingerprint density at radius 2 is 2.29 bits per heavy atom. The first-order valence-corrected chi connectivity index (χ1v) is 5.47. The summed E-state index contributed by atoms with van der Waals surface area (Å²) in [5.74, 6) is -1.34. The van der Waals surface area contributed by atoms with Gasteiger partial charge in [-0.2, -0.15) is 0 Å². The fraction of sp³-hybridized carbons (Fsp3) is 0.308. The molecule has 0 unspecified atom stereocenters. The molecular weight excluding hydrogens is 223 g/mol. The number of hydrogen-bond acceptors (Lipinski definition) is 2. The number of benzene rings is 1. The van der Waals surface area contributed by atoms with Crippen molar-refractivity contribution in [1.82, 2.24) is 0 Å². The number of aliphatic carboxylic acids is 1. The zero-order valence-corrected chi connectivity index (χ0v) is 9.65. The summed E-state index contributed by atoms with van der Waals surface area (Å²) < 4.78 is 18.7. The van der Waals surface area contributed by atoms with Gasteiger partial charge < -0.3 is 9.84 Å². The lowest BCUT2D eigenvalue weighted by Gasteiger charge is -2.06. The van der Waals surface area contributed by atoms with Gasteiger partial charge in [0.25, 0.3) is 0 Å². The van der Waals surface area contributed by atoms with Crippen molar-refractivity contribution in [3.05, 3.63) is 35.7 Å². The molecule has 0 saturated carbocycles. The van der Waals surface area contributed by atoms with Gasteiger partial charge in [0.15, 0.2) is 11.6 Å². The van der Waals surface area contributed by atoms with E-state index in [0.717, 1.165) is 18.9 Å². The predicted molar refractivity (Wildman–Crippen MR) is 63.5 cm³/mol. The molecule has 1 aromatic carbocycles. The third-order valence-electron chi connectivity index (χ3n) is 2.13. The highest BCUT2D eigenvalue weighted by molar-refractivity contribution is 5.85. The lowest BCUT2D eigenvalue weighted by atomic mass is 10.2. The Balaban J connectivity index is 2.69. The van der Waals surface area contributed by atoms with E-state index in [1.807, 2.05) is 6.92 Å². The van der Waals surface area contributed by atoms with Crippen molar-refractivity contribution < 1.29 is 19.0 Å². The standard InChI is InChI=1S/C13H15FO3/c1-2-3-8-17-12-6-4-10(9-11(12)14)5-7-13(15)16/h4-7,9H,2-3,8H2,1H3,(H,15,16)/b7-5+. The molecule has 0 fully saturated rings. The summed E-state index contributed by atoms with van der Waals surface area (Å²) >= 11 is 0. The number of carbonyl (C=O) groups is 1.